The van der Waals surface area contributed by atoms with E-state index in [4.69, 9.17) is 27.4 Å². The SMILES string of the molecule is O=S1(=O)OC2(c3ccc(Cl)cc3Cc3cc(Cl)ccc32)c2ccccc21. The molecule has 1 aliphatic carbocycles. The van der Waals surface area contributed by atoms with Crippen LogP contribution in [0.4, 0.5) is 0 Å². The third-order valence-corrected chi connectivity index (χ3v) is 6.88. The highest BCUT2D eigenvalue weighted by Crippen LogP contribution is 2.54. The van der Waals surface area contributed by atoms with Crippen LogP contribution in [0.2, 0.25) is 10.0 Å². The molecule has 1 aliphatic heterocycles. The van der Waals surface area contributed by atoms with Gasteiger partial charge in [0.15, 0.2) is 5.60 Å². The van der Waals surface area contributed by atoms with E-state index in [1.807, 2.05) is 36.4 Å². The van der Waals surface area contributed by atoms with E-state index in [2.05, 4.69) is 0 Å². The standard InChI is InChI=1S/C20H12Cl2O3S/c21-14-5-7-16-12(10-14)9-13-11-15(22)6-8-17(13)20(16)18-3-1-2-4-19(18)26(23,24)25-20/h1-8,10-11H,9H2. The molecule has 0 aromatic heterocycles. The van der Waals surface area contributed by atoms with Crippen LogP contribution >= 0.6 is 23.2 Å². The lowest BCUT2D eigenvalue weighted by atomic mass is 9.71. The smallest absolute Gasteiger partial charge is 0.245 e. The highest BCUT2D eigenvalue weighted by atomic mass is 35.5. The highest BCUT2D eigenvalue weighted by Gasteiger charge is 2.54. The molecule has 0 saturated heterocycles. The summed E-state index contributed by atoms with van der Waals surface area (Å²) < 4.78 is 31.5. The second-order valence-corrected chi connectivity index (χ2v) is 8.88. The number of fused-ring (bicyclic) bond motifs is 6. The number of benzene rings is 3. The summed E-state index contributed by atoms with van der Waals surface area (Å²) in [6.45, 7) is 0. The maximum absolute atomic E-state index is 12.8. The molecule has 130 valence electrons. The van der Waals surface area contributed by atoms with Gasteiger partial charge in [0.2, 0.25) is 0 Å². The van der Waals surface area contributed by atoms with E-state index in [0.717, 1.165) is 22.3 Å². The predicted octanol–water partition coefficient (Wildman–Crippen LogP) is 4.91. The molecule has 0 unspecified atom stereocenters. The largest absolute Gasteiger partial charge is 0.298 e. The van der Waals surface area contributed by atoms with Gasteiger partial charge >= 0.3 is 0 Å². The fourth-order valence-corrected chi connectivity index (χ4v) is 5.87. The minimum atomic E-state index is -3.89. The first kappa shape index (κ1) is 16.3. The zero-order valence-corrected chi connectivity index (χ0v) is 15.7. The third kappa shape index (κ3) is 2.07. The molecule has 1 spiro atoms. The van der Waals surface area contributed by atoms with Crippen molar-refractivity contribution in [2.75, 3.05) is 0 Å². The quantitative estimate of drug-likeness (QED) is 0.501. The summed E-state index contributed by atoms with van der Waals surface area (Å²) in [5.41, 5.74) is 2.86. The molecule has 0 N–H and O–H groups in total. The van der Waals surface area contributed by atoms with Gasteiger partial charge < -0.3 is 0 Å². The average Bonchev–Trinajstić information content (AvgIpc) is 2.83. The van der Waals surface area contributed by atoms with Gasteiger partial charge in [0, 0.05) is 15.6 Å². The Morgan fingerprint density at radius 2 is 1.38 bits per heavy atom. The van der Waals surface area contributed by atoms with Crippen LogP contribution in [0, 0.1) is 0 Å². The van der Waals surface area contributed by atoms with Crippen LogP contribution in [0.1, 0.15) is 27.8 Å². The molecule has 1 heterocycles. The van der Waals surface area contributed by atoms with Crippen LogP contribution in [-0.4, -0.2) is 8.42 Å². The Hall–Kier alpha value is -1.85. The molecular weight excluding hydrogens is 391 g/mol. The van der Waals surface area contributed by atoms with Gasteiger partial charge in [0.05, 0.1) is 0 Å². The summed E-state index contributed by atoms with van der Waals surface area (Å²) in [6.07, 6.45) is 0.610. The van der Waals surface area contributed by atoms with Crippen LogP contribution in [0.25, 0.3) is 0 Å². The van der Waals surface area contributed by atoms with Gasteiger partial charge in [-0.3, -0.25) is 0 Å². The van der Waals surface area contributed by atoms with E-state index >= 15 is 0 Å². The lowest BCUT2D eigenvalue weighted by Gasteiger charge is -2.36. The van der Waals surface area contributed by atoms with Gasteiger partial charge in [-0.25, -0.2) is 4.18 Å². The van der Waals surface area contributed by atoms with Gasteiger partial charge in [-0.05, 0) is 59.0 Å². The lowest BCUT2D eigenvalue weighted by molar-refractivity contribution is 0.175. The minimum absolute atomic E-state index is 0.198. The summed E-state index contributed by atoms with van der Waals surface area (Å²) in [7, 11) is -3.89. The Balaban J connectivity index is 1.95. The Morgan fingerprint density at radius 1 is 0.808 bits per heavy atom. The molecule has 0 bridgehead atoms. The topological polar surface area (TPSA) is 43.4 Å². The summed E-state index contributed by atoms with van der Waals surface area (Å²) in [5, 5.41) is 1.19. The van der Waals surface area contributed by atoms with Crippen molar-refractivity contribution in [3.8, 4) is 0 Å². The van der Waals surface area contributed by atoms with E-state index in [0.29, 0.717) is 22.0 Å². The van der Waals surface area contributed by atoms with Gasteiger partial charge in [-0.15, -0.1) is 0 Å². The van der Waals surface area contributed by atoms with Crippen molar-refractivity contribution in [1.82, 2.24) is 0 Å². The second-order valence-electron chi connectivity index (χ2n) is 6.49. The molecule has 2 aliphatic rings. The molecule has 3 aromatic carbocycles. The van der Waals surface area contributed by atoms with E-state index in [1.165, 1.54) is 0 Å². The Bertz CT molecular complexity index is 1130. The molecule has 26 heavy (non-hydrogen) atoms. The molecule has 0 fully saturated rings. The van der Waals surface area contributed by atoms with Crippen molar-refractivity contribution in [2.24, 2.45) is 0 Å². The van der Waals surface area contributed by atoms with E-state index in [-0.39, 0.29) is 4.90 Å². The van der Waals surface area contributed by atoms with Crippen molar-refractivity contribution < 1.29 is 12.6 Å². The molecule has 3 nitrogen and oxygen atoms in total. The molecule has 0 amide bonds. The molecule has 0 radical (unpaired) electrons. The van der Waals surface area contributed by atoms with Gasteiger partial charge in [-0.2, -0.15) is 8.42 Å². The summed E-state index contributed by atoms with van der Waals surface area (Å²) >= 11 is 12.4. The monoisotopic (exact) mass is 402 g/mol. The fourth-order valence-electron chi connectivity index (χ4n) is 4.06. The Labute approximate surface area is 161 Å². The molecule has 0 atom stereocenters. The number of halogens is 2. The van der Waals surface area contributed by atoms with Crippen molar-refractivity contribution in [3.63, 3.8) is 0 Å². The maximum atomic E-state index is 12.8. The highest BCUT2D eigenvalue weighted by molar-refractivity contribution is 7.87. The van der Waals surface area contributed by atoms with Crippen LogP contribution in [0.15, 0.2) is 65.6 Å². The number of rotatable bonds is 0. The van der Waals surface area contributed by atoms with Crippen LogP contribution in [-0.2, 0) is 26.3 Å². The van der Waals surface area contributed by atoms with E-state index in [9.17, 15) is 8.42 Å². The number of hydrogen-bond acceptors (Lipinski definition) is 3. The summed E-state index contributed by atoms with van der Waals surface area (Å²) in [6, 6.07) is 17.9. The molecule has 5 rings (SSSR count). The van der Waals surface area contributed by atoms with E-state index in [1.54, 1.807) is 24.3 Å². The van der Waals surface area contributed by atoms with Gasteiger partial charge in [0.1, 0.15) is 4.90 Å². The zero-order valence-electron chi connectivity index (χ0n) is 13.4. The van der Waals surface area contributed by atoms with Crippen molar-refractivity contribution in [1.29, 1.82) is 0 Å². The first-order valence-electron chi connectivity index (χ1n) is 8.05. The van der Waals surface area contributed by atoms with Gasteiger partial charge in [-0.1, -0.05) is 53.5 Å². The van der Waals surface area contributed by atoms with Crippen LogP contribution in [0.5, 0.6) is 0 Å². The fraction of sp³-hybridized carbons (Fsp3) is 0.100. The van der Waals surface area contributed by atoms with Gasteiger partial charge in [0.25, 0.3) is 10.1 Å². The average molecular weight is 403 g/mol. The first-order chi connectivity index (χ1) is 12.4. The van der Waals surface area contributed by atoms with Crippen LogP contribution < -0.4 is 0 Å². The molecule has 3 aromatic rings. The van der Waals surface area contributed by atoms with Crippen molar-refractivity contribution in [2.45, 2.75) is 16.9 Å². The molecule has 0 saturated carbocycles. The predicted molar refractivity (Wildman–Crippen MR) is 100 cm³/mol. The van der Waals surface area contributed by atoms with Crippen molar-refractivity contribution >= 4 is 33.3 Å². The summed E-state index contributed by atoms with van der Waals surface area (Å²) in [5.74, 6) is 0. The molecular formula is C20H12Cl2O3S. The first-order valence-corrected chi connectivity index (χ1v) is 10.2. The van der Waals surface area contributed by atoms with Crippen molar-refractivity contribution in [3.05, 3.63) is 98.5 Å². The second kappa shape index (κ2) is 5.33. The van der Waals surface area contributed by atoms with Crippen LogP contribution in [0.3, 0.4) is 0 Å². The van der Waals surface area contributed by atoms with E-state index < -0.39 is 15.7 Å². The third-order valence-electron chi connectivity index (χ3n) is 5.04. The maximum Gasteiger partial charge on any atom is 0.298 e. The number of hydrogen-bond donors (Lipinski definition) is 0. The Morgan fingerprint density at radius 3 is 2.00 bits per heavy atom. The molecule has 6 heteroatoms. The normalized spacial score (nSPS) is 18.2. The minimum Gasteiger partial charge on any atom is -0.245 e. The lowest BCUT2D eigenvalue weighted by Crippen LogP contribution is -2.35. The summed E-state index contributed by atoms with van der Waals surface area (Å²) in [4.78, 5) is 0.198. The Kier molecular flexibility index (Phi) is 3.35. The zero-order chi connectivity index (χ0) is 18.1.